The van der Waals surface area contributed by atoms with Gasteiger partial charge in [0.05, 0.1) is 0 Å². The molecule has 46 valence electrons. The van der Waals surface area contributed by atoms with Crippen molar-refractivity contribution in [1.82, 2.24) is 0 Å². The molecule has 0 spiro atoms. The van der Waals surface area contributed by atoms with E-state index in [1.165, 1.54) is 0 Å². The zero-order valence-electron chi connectivity index (χ0n) is 4.57. The van der Waals surface area contributed by atoms with Crippen LogP contribution in [0.1, 0.15) is 0 Å². The van der Waals surface area contributed by atoms with E-state index >= 15 is 0 Å². The summed E-state index contributed by atoms with van der Waals surface area (Å²) in [6.45, 7) is 0. The number of hydrogen-bond acceptors (Lipinski definition) is 2. The maximum Gasteiger partial charge on any atom is 0.357 e. The van der Waals surface area contributed by atoms with Gasteiger partial charge in [0.2, 0.25) is 0 Å². The molecule has 0 fully saturated rings. The second-order valence-corrected chi connectivity index (χ2v) is 0.876. The van der Waals surface area contributed by atoms with Crippen LogP contribution in [0.5, 0.6) is 0 Å². The number of urea groups is 2. The Morgan fingerprint density at radius 3 is 1.33 bits per heavy atom. The average molecular weight is 181 g/mol. The molecule has 0 heterocycles. The molecule has 0 aromatic rings. The van der Waals surface area contributed by atoms with E-state index < -0.39 is 12.1 Å². The van der Waals surface area contributed by atoms with E-state index in [9.17, 15) is 9.59 Å². The molecule has 0 atom stereocenters. The largest absolute Gasteiger partial charge is 0.357 e. The molecule has 0 saturated carbocycles. The van der Waals surface area contributed by atoms with E-state index in [0.717, 1.165) is 0 Å². The SMILES string of the molecule is NC(=O)N=NC(N)=O.[Zn]. The first-order valence-electron chi connectivity index (χ1n) is 1.63. The fourth-order valence-corrected chi connectivity index (χ4v) is 0.0986. The van der Waals surface area contributed by atoms with Crippen molar-refractivity contribution < 1.29 is 29.1 Å². The molecule has 7 heteroatoms. The maximum absolute atomic E-state index is 9.66. The Balaban J connectivity index is 0. The third-order valence-corrected chi connectivity index (χ3v) is 0.247. The summed E-state index contributed by atoms with van der Waals surface area (Å²) < 4.78 is 0. The summed E-state index contributed by atoms with van der Waals surface area (Å²) in [5, 5.41) is 5.23. The second-order valence-electron chi connectivity index (χ2n) is 0.876. The van der Waals surface area contributed by atoms with Crippen molar-refractivity contribution in [3.8, 4) is 0 Å². The first-order chi connectivity index (χ1) is 3.63. The molecule has 0 unspecified atom stereocenters. The molecule has 0 aliphatic rings. The molecule has 9 heavy (non-hydrogen) atoms. The van der Waals surface area contributed by atoms with E-state index in [0.29, 0.717) is 0 Å². The number of amides is 4. The van der Waals surface area contributed by atoms with Gasteiger partial charge in [0.25, 0.3) is 0 Å². The van der Waals surface area contributed by atoms with Crippen molar-refractivity contribution in [2.45, 2.75) is 0 Å². The quantitative estimate of drug-likeness (QED) is 0.391. The number of nitrogens with zero attached hydrogens (tertiary/aromatic N) is 2. The fourth-order valence-electron chi connectivity index (χ4n) is 0.0986. The molecule has 0 bridgehead atoms. The van der Waals surface area contributed by atoms with Crippen molar-refractivity contribution >= 4 is 12.1 Å². The summed E-state index contributed by atoms with van der Waals surface area (Å²) in [4.78, 5) is 19.3. The second kappa shape index (κ2) is 5.30. The van der Waals surface area contributed by atoms with Crippen LogP contribution in [0.15, 0.2) is 10.2 Å². The standard InChI is InChI=1S/C2H4N4O2.Zn/c3-1(7)5-6-2(4)8;/h(H2,3,7)(H2,4,8);. The monoisotopic (exact) mass is 180 g/mol. The van der Waals surface area contributed by atoms with Crippen LogP contribution in [0.3, 0.4) is 0 Å². The molecule has 0 aliphatic heterocycles. The first kappa shape index (κ1) is 11.0. The summed E-state index contributed by atoms with van der Waals surface area (Å²) in [5.74, 6) is 0. The number of primary amides is 2. The Morgan fingerprint density at radius 2 is 1.22 bits per heavy atom. The van der Waals surface area contributed by atoms with Gasteiger partial charge in [0.15, 0.2) is 0 Å². The number of nitrogens with two attached hydrogens (primary N) is 2. The van der Waals surface area contributed by atoms with Crippen LogP contribution in [0.25, 0.3) is 0 Å². The van der Waals surface area contributed by atoms with Crippen LogP contribution >= 0.6 is 0 Å². The van der Waals surface area contributed by atoms with E-state index in [-0.39, 0.29) is 19.5 Å². The van der Waals surface area contributed by atoms with Crippen LogP contribution in [-0.2, 0) is 19.5 Å². The van der Waals surface area contributed by atoms with Crippen LogP contribution in [-0.4, -0.2) is 12.1 Å². The van der Waals surface area contributed by atoms with Gasteiger partial charge in [0.1, 0.15) is 0 Å². The van der Waals surface area contributed by atoms with E-state index in [4.69, 9.17) is 0 Å². The third-order valence-electron chi connectivity index (χ3n) is 0.247. The van der Waals surface area contributed by atoms with Gasteiger partial charge in [-0.05, 0) is 0 Å². The third kappa shape index (κ3) is 11.0. The van der Waals surface area contributed by atoms with Crippen molar-refractivity contribution in [1.29, 1.82) is 0 Å². The van der Waals surface area contributed by atoms with Crippen LogP contribution < -0.4 is 11.5 Å². The van der Waals surface area contributed by atoms with Crippen LogP contribution in [0.4, 0.5) is 9.59 Å². The Morgan fingerprint density at radius 1 is 1.00 bits per heavy atom. The molecule has 0 radical (unpaired) electrons. The zero-order chi connectivity index (χ0) is 6.57. The number of carbonyl (C=O) groups excluding carboxylic acids is 2. The predicted octanol–water partition coefficient (Wildman–Crippen LogP) is -0.406. The summed E-state index contributed by atoms with van der Waals surface area (Å²) in [6.07, 6.45) is 0. The summed E-state index contributed by atoms with van der Waals surface area (Å²) in [7, 11) is 0. The van der Waals surface area contributed by atoms with E-state index in [1.54, 1.807) is 0 Å². The molecular formula is C2H4N4O2Zn. The minimum absolute atomic E-state index is 0. The van der Waals surface area contributed by atoms with Gasteiger partial charge in [-0.3, -0.25) is 0 Å². The van der Waals surface area contributed by atoms with Gasteiger partial charge in [-0.2, -0.15) is 0 Å². The molecule has 4 amide bonds. The van der Waals surface area contributed by atoms with Gasteiger partial charge in [-0.1, -0.05) is 10.2 Å². The molecular weight excluding hydrogens is 177 g/mol. The van der Waals surface area contributed by atoms with Gasteiger partial charge in [-0.25, -0.2) is 9.59 Å². The topological polar surface area (TPSA) is 111 Å². The minimum Gasteiger partial charge on any atom is -0.348 e. The molecule has 0 aliphatic carbocycles. The molecule has 0 rings (SSSR count). The number of carbonyl (C=O) groups is 2. The van der Waals surface area contributed by atoms with Crippen molar-refractivity contribution in [2.24, 2.45) is 21.7 Å². The van der Waals surface area contributed by atoms with Gasteiger partial charge >= 0.3 is 12.1 Å². The molecule has 0 saturated heterocycles. The number of azo groups is 1. The van der Waals surface area contributed by atoms with Crippen molar-refractivity contribution in [3.63, 3.8) is 0 Å². The number of rotatable bonds is 0. The Labute approximate surface area is 63.4 Å². The first-order valence-corrected chi connectivity index (χ1v) is 1.63. The summed E-state index contributed by atoms with van der Waals surface area (Å²) in [5.41, 5.74) is 8.87. The normalized spacial score (nSPS) is 8.44. The van der Waals surface area contributed by atoms with Crippen molar-refractivity contribution in [2.75, 3.05) is 0 Å². The van der Waals surface area contributed by atoms with Crippen LogP contribution in [0.2, 0.25) is 0 Å². The van der Waals surface area contributed by atoms with E-state index in [2.05, 4.69) is 21.7 Å². The average Bonchev–Trinajstić information content (AvgIpc) is 1.61. The number of hydrogen-bond donors (Lipinski definition) is 2. The maximum atomic E-state index is 9.66. The molecule has 0 aromatic heterocycles. The summed E-state index contributed by atoms with van der Waals surface area (Å²) in [6, 6.07) is -2.08. The Bertz CT molecular complexity index is 128. The predicted molar refractivity (Wildman–Crippen MR) is 24.0 cm³/mol. The Kier molecular flexibility index (Phi) is 6.50. The van der Waals surface area contributed by atoms with Crippen molar-refractivity contribution in [3.05, 3.63) is 0 Å². The Hall–Kier alpha value is -0.837. The van der Waals surface area contributed by atoms with Crippen LogP contribution in [0, 0.1) is 0 Å². The molecule has 0 aromatic carbocycles. The van der Waals surface area contributed by atoms with Gasteiger partial charge < -0.3 is 11.5 Å². The molecule has 4 N–H and O–H groups in total. The fraction of sp³-hybridized carbons (Fsp3) is 0. The van der Waals surface area contributed by atoms with Gasteiger partial charge in [0, 0.05) is 19.5 Å². The smallest absolute Gasteiger partial charge is 0.348 e. The summed E-state index contributed by atoms with van der Waals surface area (Å²) >= 11 is 0. The molecule has 6 nitrogen and oxygen atoms in total. The minimum atomic E-state index is -1.04. The van der Waals surface area contributed by atoms with Gasteiger partial charge in [-0.15, -0.1) is 0 Å². The zero-order valence-corrected chi connectivity index (χ0v) is 7.54. The van der Waals surface area contributed by atoms with E-state index in [1.807, 2.05) is 0 Å².